The number of benzene rings is 2. The quantitative estimate of drug-likeness (QED) is 0.390. The van der Waals surface area contributed by atoms with Gasteiger partial charge in [-0.15, -0.1) is 0 Å². The zero-order valence-corrected chi connectivity index (χ0v) is 13.1. The zero-order chi connectivity index (χ0) is 17.4. The van der Waals surface area contributed by atoms with E-state index < -0.39 is 12.6 Å². The molecule has 0 fully saturated rings. The number of para-hydroxylation sites is 1. The SMILES string of the molecule is O=C(CO)Oc1ccc2[nH]cc(/C=C3/C(=O)Nc4ccccc43)c2c1. The number of fused-ring (bicyclic) bond motifs is 2. The predicted octanol–water partition coefficient (Wildman–Crippen LogP) is 2.56. The van der Waals surface area contributed by atoms with Crippen LogP contribution in [-0.4, -0.2) is 28.6 Å². The van der Waals surface area contributed by atoms with E-state index in [1.54, 1.807) is 30.5 Å². The molecule has 0 radical (unpaired) electrons. The second-order valence-corrected chi connectivity index (χ2v) is 5.64. The Kier molecular flexibility index (Phi) is 3.59. The molecule has 1 aliphatic rings. The number of H-pyrrole nitrogens is 1. The summed E-state index contributed by atoms with van der Waals surface area (Å²) in [6, 6.07) is 12.6. The number of nitrogens with one attached hydrogen (secondary N) is 2. The number of esters is 1. The Hall–Kier alpha value is -3.38. The fourth-order valence-corrected chi connectivity index (χ4v) is 2.91. The Bertz CT molecular complexity index is 1030. The summed E-state index contributed by atoms with van der Waals surface area (Å²) in [7, 11) is 0. The topological polar surface area (TPSA) is 91.4 Å². The van der Waals surface area contributed by atoms with Crippen LogP contribution in [0.3, 0.4) is 0 Å². The third-order valence-electron chi connectivity index (χ3n) is 4.06. The minimum atomic E-state index is -0.723. The predicted molar refractivity (Wildman–Crippen MR) is 94.0 cm³/mol. The van der Waals surface area contributed by atoms with Crippen LogP contribution in [0.15, 0.2) is 48.7 Å². The van der Waals surface area contributed by atoms with E-state index in [4.69, 9.17) is 9.84 Å². The standard InChI is InChI=1S/C19H14N2O4/c22-10-18(23)25-12-5-6-16-14(8-12)11(9-20-16)7-15-13-3-1-2-4-17(13)21-19(15)24/h1-9,20,22H,10H2,(H,21,24)/b15-7+. The van der Waals surface area contributed by atoms with Gasteiger partial charge in [0.2, 0.25) is 0 Å². The molecule has 0 spiro atoms. The normalized spacial score (nSPS) is 14.6. The molecular formula is C19H14N2O4. The van der Waals surface area contributed by atoms with Crippen LogP contribution in [0.25, 0.3) is 22.6 Å². The molecule has 6 nitrogen and oxygen atoms in total. The number of anilines is 1. The molecular weight excluding hydrogens is 320 g/mol. The van der Waals surface area contributed by atoms with Gasteiger partial charge < -0.3 is 20.1 Å². The van der Waals surface area contributed by atoms with Gasteiger partial charge in [-0.05, 0) is 30.3 Å². The molecule has 124 valence electrons. The van der Waals surface area contributed by atoms with E-state index in [-0.39, 0.29) is 5.91 Å². The maximum absolute atomic E-state index is 12.3. The van der Waals surface area contributed by atoms with Crippen LogP contribution in [0.1, 0.15) is 11.1 Å². The minimum Gasteiger partial charge on any atom is -0.425 e. The maximum atomic E-state index is 12.3. The fraction of sp³-hybridized carbons (Fsp3) is 0.0526. The monoisotopic (exact) mass is 334 g/mol. The molecule has 0 saturated heterocycles. The highest BCUT2D eigenvalue weighted by Gasteiger charge is 2.23. The number of carbonyl (C=O) groups excluding carboxylic acids is 2. The third-order valence-corrected chi connectivity index (χ3v) is 4.06. The van der Waals surface area contributed by atoms with E-state index in [2.05, 4.69) is 10.3 Å². The largest absolute Gasteiger partial charge is 0.425 e. The lowest BCUT2D eigenvalue weighted by atomic mass is 10.0. The summed E-state index contributed by atoms with van der Waals surface area (Å²) in [5, 5.41) is 12.5. The lowest BCUT2D eigenvalue weighted by molar-refractivity contribution is -0.137. The van der Waals surface area contributed by atoms with Gasteiger partial charge in [-0.2, -0.15) is 0 Å². The highest BCUT2D eigenvalue weighted by Crippen LogP contribution is 2.34. The smallest absolute Gasteiger partial charge is 0.337 e. The number of carbonyl (C=O) groups is 2. The zero-order valence-electron chi connectivity index (χ0n) is 13.1. The van der Waals surface area contributed by atoms with Crippen LogP contribution in [0.2, 0.25) is 0 Å². The molecule has 1 amide bonds. The molecule has 2 aromatic carbocycles. The van der Waals surface area contributed by atoms with E-state index in [1.807, 2.05) is 24.3 Å². The first kappa shape index (κ1) is 15.2. The van der Waals surface area contributed by atoms with Crippen LogP contribution < -0.4 is 10.1 Å². The number of amides is 1. The van der Waals surface area contributed by atoms with Crippen LogP contribution in [0.5, 0.6) is 5.75 Å². The van der Waals surface area contributed by atoms with Crippen molar-refractivity contribution in [2.45, 2.75) is 0 Å². The Morgan fingerprint density at radius 2 is 2.04 bits per heavy atom. The summed E-state index contributed by atoms with van der Waals surface area (Å²) < 4.78 is 5.04. The number of aromatic nitrogens is 1. The maximum Gasteiger partial charge on any atom is 0.337 e. The first-order chi connectivity index (χ1) is 12.2. The van der Waals surface area contributed by atoms with Crippen molar-refractivity contribution >= 4 is 40.1 Å². The average Bonchev–Trinajstić information content (AvgIpc) is 3.16. The summed E-state index contributed by atoms with van der Waals surface area (Å²) in [6.45, 7) is -0.682. The number of aliphatic hydroxyl groups excluding tert-OH is 1. The van der Waals surface area contributed by atoms with Gasteiger partial charge >= 0.3 is 5.97 Å². The van der Waals surface area contributed by atoms with Crippen molar-refractivity contribution in [1.29, 1.82) is 0 Å². The Morgan fingerprint density at radius 3 is 2.88 bits per heavy atom. The lowest BCUT2D eigenvalue weighted by Gasteiger charge is -2.03. The minimum absolute atomic E-state index is 0.154. The van der Waals surface area contributed by atoms with Crippen molar-refractivity contribution in [3.8, 4) is 5.75 Å². The van der Waals surface area contributed by atoms with Gasteiger partial charge in [-0.3, -0.25) is 4.79 Å². The molecule has 3 aromatic rings. The van der Waals surface area contributed by atoms with E-state index in [9.17, 15) is 9.59 Å². The first-order valence-electron chi connectivity index (χ1n) is 7.71. The summed E-state index contributed by atoms with van der Waals surface area (Å²) in [5.74, 6) is -0.542. The molecule has 0 saturated carbocycles. The van der Waals surface area contributed by atoms with Gasteiger partial charge in [0.15, 0.2) is 0 Å². The Balaban J connectivity index is 1.78. The second-order valence-electron chi connectivity index (χ2n) is 5.64. The molecule has 25 heavy (non-hydrogen) atoms. The van der Waals surface area contributed by atoms with Gasteiger partial charge in [0, 0.05) is 39.5 Å². The van der Waals surface area contributed by atoms with Crippen molar-refractivity contribution in [3.05, 3.63) is 59.8 Å². The fourth-order valence-electron chi connectivity index (χ4n) is 2.91. The van der Waals surface area contributed by atoms with Gasteiger partial charge in [0.05, 0.1) is 0 Å². The van der Waals surface area contributed by atoms with Crippen molar-refractivity contribution < 1.29 is 19.4 Å². The molecule has 1 aliphatic heterocycles. The van der Waals surface area contributed by atoms with E-state index in [0.717, 1.165) is 27.7 Å². The summed E-state index contributed by atoms with van der Waals surface area (Å²) in [4.78, 5) is 26.6. The van der Waals surface area contributed by atoms with Gasteiger partial charge in [-0.1, -0.05) is 18.2 Å². The van der Waals surface area contributed by atoms with Gasteiger partial charge in [0.1, 0.15) is 12.4 Å². The molecule has 0 atom stereocenters. The third kappa shape index (κ3) is 2.68. The molecule has 6 heteroatoms. The first-order valence-corrected chi connectivity index (χ1v) is 7.71. The number of aliphatic hydroxyl groups is 1. The molecule has 0 aliphatic carbocycles. The molecule has 0 bridgehead atoms. The highest BCUT2D eigenvalue weighted by atomic mass is 16.5. The second kappa shape index (κ2) is 5.92. The number of ether oxygens (including phenoxy) is 1. The number of aromatic amines is 1. The summed E-state index contributed by atoms with van der Waals surface area (Å²) in [6.07, 6.45) is 3.60. The molecule has 1 aromatic heterocycles. The van der Waals surface area contributed by atoms with Crippen molar-refractivity contribution in [2.75, 3.05) is 11.9 Å². The van der Waals surface area contributed by atoms with Crippen molar-refractivity contribution in [1.82, 2.24) is 4.98 Å². The van der Waals surface area contributed by atoms with Crippen molar-refractivity contribution in [2.24, 2.45) is 0 Å². The van der Waals surface area contributed by atoms with E-state index >= 15 is 0 Å². The summed E-state index contributed by atoms with van der Waals surface area (Å²) >= 11 is 0. The van der Waals surface area contributed by atoms with Gasteiger partial charge in [0.25, 0.3) is 5.91 Å². The van der Waals surface area contributed by atoms with Crippen molar-refractivity contribution in [3.63, 3.8) is 0 Å². The van der Waals surface area contributed by atoms with Crippen LogP contribution in [0.4, 0.5) is 5.69 Å². The molecule has 4 rings (SSSR count). The molecule has 0 unspecified atom stereocenters. The van der Waals surface area contributed by atoms with Gasteiger partial charge in [-0.25, -0.2) is 4.79 Å². The number of hydrogen-bond donors (Lipinski definition) is 3. The Morgan fingerprint density at radius 1 is 1.20 bits per heavy atom. The number of rotatable bonds is 3. The average molecular weight is 334 g/mol. The Labute approximate surface area is 142 Å². The van der Waals surface area contributed by atoms with Crippen LogP contribution in [0, 0.1) is 0 Å². The lowest BCUT2D eigenvalue weighted by Crippen LogP contribution is -2.11. The van der Waals surface area contributed by atoms with Crippen LogP contribution in [-0.2, 0) is 9.59 Å². The highest BCUT2D eigenvalue weighted by molar-refractivity contribution is 6.35. The van der Waals surface area contributed by atoms with E-state index in [1.165, 1.54) is 0 Å². The van der Waals surface area contributed by atoms with E-state index in [0.29, 0.717) is 11.3 Å². The molecule has 3 N–H and O–H groups in total. The molecule has 2 heterocycles. The van der Waals surface area contributed by atoms with Crippen LogP contribution >= 0.6 is 0 Å². The summed E-state index contributed by atoms with van der Waals surface area (Å²) in [5.41, 5.74) is 3.87. The number of hydrogen-bond acceptors (Lipinski definition) is 4.